The third kappa shape index (κ3) is 4.74. The Hall–Kier alpha value is -2.10. The highest BCUT2D eigenvalue weighted by Crippen LogP contribution is 2.27. The number of rotatable bonds is 7. The van der Waals surface area contributed by atoms with Crippen molar-refractivity contribution >= 4 is 18.0 Å². The summed E-state index contributed by atoms with van der Waals surface area (Å²) in [6.45, 7) is 2.39. The number of carbonyl (C=O) groups excluding carboxylic acids is 1. The fourth-order valence-corrected chi connectivity index (χ4v) is 2.20. The van der Waals surface area contributed by atoms with E-state index in [4.69, 9.17) is 5.11 Å². The van der Waals surface area contributed by atoms with Gasteiger partial charge in [0, 0.05) is 18.7 Å². The number of aliphatic carboxylic acids is 1. The second kappa shape index (κ2) is 7.07. The van der Waals surface area contributed by atoms with Gasteiger partial charge in [-0.3, -0.25) is 9.59 Å². The molecule has 1 N–H and O–H groups in total. The summed E-state index contributed by atoms with van der Waals surface area (Å²) in [5, 5.41) is 8.75. The molecule has 1 aliphatic rings. The van der Waals surface area contributed by atoms with Gasteiger partial charge in [0.1, 0.15) is 0 Å². The van der Waals surface area contributed by atoms with Crippen LogP contribution < -0.4 is 0 Å². The lowest BCUT2D eigenvalue weighted by Crippen LogP contribution is -2.33. The van der Waals surface area contributed by atoms with Gasteiger partial charge >= 0.3 is 5.97 Å². The van der Waals surface area contributed by atoms with Gasteiger partial charge < -0.3 is 10.0 Å². The summed E-state index contributed by atoms with van der Waals surface area (Å²) in [5.74, 6) is -0.967. The smallest absolute Gasteiger partial charge is 0.305 e. The standard InChI is InChI=1S/C17H21NO3/c1-2-13-3-5-14(6-4-13)7-10-16(19)18(15-8-9-15)12-11-17(20)21/h3-7,10,15H,2,8-9,11-12H2,1H3,(H,20,21)/b10-7+. The Morgan fingerprint density at radius 1 is 1.29 bits per heavy atom. The maximum Gasteiger partial charge on any atom is 0.305 e. The van der Waals surface area contributed by atoms with E-state index in [0.29, 0.717) is 0 Å². The van der Waals surface area contributed by atoms with Gasteiger partial charge in [0.05, 0.1) is 6.42 Å². The van der Waals surface area contributed by atoms with E-state index < -0.39 is 5.97 Å². The second-order valence-electron chi connectivity index (χ2n) is 5.34. The Morgan fingerprint density at radius 2 is 1.95 bits per heavy atom. The van der Waals surface area contributed by atoms with Crippen LogP contribution in [0.1, 0.15) is 37.3 Å². The van der Waals surface area contributed by atoms with Crippen molar-refractivity contribution < 1.29 is 14.7 Å². The first-order chi connectivity index (χ1) is 10.1. The number of amides is 1. The summed E-state index contributed by atoms with van der Waals surface area (Å²) in [5.41, 5.74) is 2.24. The lowest BCUT2D eigenvalue weighted by Gasteiger charge is -2.19. The van der Waals surface area contributed by atoms with E-state index in [2.05, 4.69) is 6.92 Å². The van der Waals surface area contributed by atoms with Crippen LogP contribution in [0.3, 0.4) is 0 Å². The number of carboxylic acids is 1. The number of nitrogens with zero attached hydrogens (tertiary/aromatic N) is 1. The molecule has 1 saturated carbocycles. The van der Waals surface area contributed by atoms with Gasteiger partial charge in [-0.25, -0.2) is 0 Å². The minimum absolute atomic E-state index is 0.00127. The van der Waals surface area contributed by atoms with E-state index in [1.807, 2.05) is 24.3 Å². The highest BCUT2D eigenvalue weighted by molar-refractivity contribution is 5.92. The first-order valence-electron chi connectivity index (χ1n) is 7.39. The topological polar surface area (TPSA) is 57.6 Å². The van der Waals surface area contributed by atoms with E-state index in [9.17, 15) is 9.59 Å². The first kappa shape index (κ1) is 15.3. The maximum atomic E-state index is 12.2. The number of hydrogen-bond donors (Lipinski definition) is 1. The molecule has 0 bridgehead atoms. The maximum absolute atomic E-state index is 12.2. The molecule has 1 aromatic carbocycles. The summed E-state index contributed by atoms with van der Waals surface area (Å²) in [6.07, 6.45) is 6.28. The molecule has 0 spiro atoms. The lowest BCUT2D eigenvalue weighted by molar-refractivity contribution is -0.138. The average molecular weight is 287 g/mol. The molecule has 1 aromatic rings. The van der Waals surface area contributed by atoms with E-state index >= 15 is 0 Å². The van der Waals surface area contributed by atoms with E-state index in [1.54, 1.807) is 17.1 Å². The zero-order valence-corrected chi connectivity index (χ0v) is 12.3. The summed E-state index contributed by atoms with van der Waals surface area (Å²) < 4.78 is 0. The van der Waals surface area contributed by atoms with Gasteiger partial charge in [-0.1, -0.05) is 31.2 Å². The Kier molecular flexibility index (Phi) is 5.14. The van der Waals surface area contributed by atoms with Gasteiger partial charge in [0.2, 0.25) is 5.91 Å². The molecule has 0 radical (unpaired) electrons. The second-order valence-corrected chi connectivity index (χ2v) is 5.34. The highest BCUT2D eigenvalue weighted by Gasteiger charge is 2.31. The van der Waals surface area contributed by atoms with Gasteiger partial charge in [0.15, 0.2) is 0 Å². The SMILES string of the molecule is CCc1ccc(/C=C/C(=O)N(CCC(=O)O)C2CC2)cc1. The van der Waals surface area contributed by atoms with E-state index in [1.165, 1.54) is 5.56 Å². The largest absolute Gasteiger partial charge is 0.481 e. The molecule has 0 unspecified atom stereocenters. The summed E-state index contributed by atoms with van der Waals surface area (Å²) in [6, 6.07) is 8.30. The average Bonchev–Trinajstić information content (AvgIpc) is 3.30. The molecule has 0 heterocycles. The molecule has 0 atom stereocenters. The third-order valence-corrected chi connectivity index (χ3v) is 3.64. The molecule has 4 heteroatoms. The van der Waals surface area contributed by atoms with Crippen LogP contribution in [0.2, 0.25) is 0 Å². The normalized spacial score (nSPS) is 14.3. The molecule has 1 fully saturated rings. The van der Waals surface area contributed by atoms with Gasteiger partial charge in [-0.2, -0.15) is 0 Å². The number of hydrogen-bond acceptors (Lipinski definition) is 2. The lowest BCUT2D eigenvalue weighted by atomic mass is 10.1. The van der Waals surface area contributed by atoms with Crippen LogP contribution in [0.4, 0.5) is 0 Å². The zero-order chi connectivity index (χ0) is 15.2. The minimum atomic E-state index is -0.868. The number of carbonyl (C=O) groups is 2. The van der Waals surface area contributed by atoms with Gasteiger partial charge in [0.25, 0.3) is 0 Å². The number of carboxylic acid groups (broad SMARTS) is 1. The molecule has 0 aromatic heterocycles. The van der Waals surface area contributed by atoms with Crippen LogP contribution >= 0.6 is 0 Å². The Labute approximate surface area is 125 Å². The summed E-state index contributed by atoms with van der Waals surface area (Å²) >= 11 is 0. The van der Waals surface area contributed by atoms with Crippen LogP contribution in [0.25, 0.3) is 6.08 Å². The van der Waals surface area contributed by atoms with Gasteiger partial charge in [-0.05, 0) is 36.5 Å². The summed E-state index contributed by atoms with van der Waals surface area (Å²) in [4.78, 5) is 24.5. The Bertz CT molecular complexity index is 529. The molecule has 21 heavy (non-hydrogen) atoms. The van der Waals surface area contributed by atoms with Crippen molar-refractivity contribution in [1.82, 2.24) is 4.90 Å². The Morgan fingerprint density at radius 3 is 2.48 bits per heavy atom. The molecule has 0 saturated heterocycles. The number of aryl methyl sites for hydroxylation is 1. The van der Waals surface area contributed by atoms with Crippen molar-refractivity contribution in [2.45, 2.75) is 38.6 Å². The van der Waals surface area contributed by atoms with Crippen LogP contribution in [0.5, 0.6) is 0 Å². The van der Waals surface area contributed by atoms with Crippen LogP contribution in [-0.4, -0.2) is 34.5 Å². The quantitative estimate of drug-likeness (QED) is 0.784. The predicted octanol–water partition coefficient (Wildman–Crippen LogP) is 2.73. The Balaban J connectivity index is 1.96. The van der Waals surface area contributed by atoms with Crippen molar-refractivity contribution in [2.75, 3.05) is 6.54 Å². The third-order valence-electron chi connectivity index (χ3n) is 3.64. The molecule has 4 nitrogen and oxygen atoms in total. The zero-order valence-electron chi connectivity index (χ0n) is 12.3. The number of benzene rings is 1. The van der Waals surface area contributed by atoms with Crippen LogP contribution in [0.15, 0.2) is 30.3 Å². The molecule has 2 rings (SSSR count). The fourth-order valence-electron chi connectivity index (χ4n) is 2.20. The predicted molar refractivity (Wildman–Crippen MR) is 81.8 cm³/mol. The van der Waals surface area contributed by atoms with Crippen molar-refractivity contribution in [3.63, 3.8) is 0 Å². The van der Waals surface area contributed by atoms with Gasteiger partial charge in [-0.15, -0.1) is 0 Å². The van der Waals surface area contributed by atoms with Crippen molar-refractivity contribution in [3.05, 3.63) is 41.5 Å². The molecule has 1 amide bonds. The fraction of sp³-hybridized carbons (Fsp3) is 0.412. The van der Waals surface area contributed by atoms with Crippen LogP contribution in [-0.2, 0) is 16.0 Å². The van der Waals surface area contributed by atoms with Crippen molar-refractivity contribution in [2.24, 2.45) is 0 Å². The monoisotopic (exact) mass is 287 g/mol. The van der Waals surface area contributed by atoms with Crippen molar-refractivity contribution in [3.8, 4) is 0 Å². The highest BCUT2D eigenvalue weighted by atomic mass is 16.4. The molecular formula is C17H21NO3. The van der Waals surface area contributed by atoms with E-state index in [-0.39, 0.29) is 24.9 Å². The minimum Gasteiger partial charge on any atom is -0.481 e. The molecular weight excluding hydrogens is 266 g/mol. The molecule has 112 valence electrons. The van der Waals surface area contributed by atoms with Crippen LogP contribution in [0, 0.1) is 0 Å². The van der Waals surface area contributed by atoms with E-state index in [0.717, 1.165) is 24.8 Å². The molecule has 1 aliphatic carbocycles. The van der Waals surface area contributed by atoms with Crippen molar-refractivity contribution in [1.29, 1.82) is 0 Å². The summed E-state index contributed by atoms with van der Waals surface area (Å²) in [7, 11) is 0. The first-order valence-corrected chi connectivity index (χ1v) is 7.39. The molecule has 0 aliphatic heterocycles.